The van der Waals surface area contributed by atoms with Crippen molar-refractivity contribution in [2.24, 2.45) is 4.99 Å². The zero-order chi connectivity index (χ0) is 36.2. The van der Waals surface area contributed by atoms with Gasteiger partial charge in [-0.3, -0.25) is 5.32 Å². The Balaban J connectivity index is 1.33. The average Bonchev–Trinajstić information content (AvgIpc) is 3.75. The molecule has 17 heteroatoms. The second kappa shape index (κ2) is 14.6. The number of alkyl halides is 3. The molecule has 0 radical (unpaired) electrons. The number of carbonyl (C=O) groups is 2. The number of aliphatic hydroxyl groups is 1. The number of aromatic nitrogens is 4. The van der Waals surface area contributed by atoms with Crippen molar-refractivity contribution in [3.8, 4) is 17.1 Å². The van der Waals surface area contributed by atoms with Crippen LogP contribution >= 0.6 is 0 Å². The van der Waals surface area contributed by atoms with Crippen LogP contribution in [-0.4, -0.2) is 77.8 Å². The van der Waals surface area contributed by atoms with E-state index in [0.717, 1.165) is 22.9 Å². The monoisotopic (exact) mass is 699 g/mol. The van der Waals surface area contributed by atoms with Gasteiger partial charge in [0, 0.05) is 25.1 Å². The molecule has 1 saturated heterocycles. The third-order valence-electron chi connectivity index (χ3n) is 7.53. The number of rotatable bonds is 9. The fraction of sp³-hybridized carbons (Fsp3) is 0.394. The van der Waals surface area contributed by atoms with Crippen molar-refractivity contribution in [2.45, 2.75) is 70.5 Å². The van der Waals surface area contributed by atoms with Crippen LogP contribution in [0.15, 0.2) is 64.6 Å². The first-order valence-corrected chi connectivity index (χ1v) is 15.6. The summed E-state index contributed by atoms with van der Waals surface area (Å²) in [5.74, 6) is -0.557. The van der Waals surface area contributed by atoms with E-state index in [4.69, 9.17) is 14.0 Å². The van der Waals surface area contributed by atoms with Gasteiger partial charge in [-0.1, -0.05) is 23.4 Å². The van der Waals surface area contributed by atoms with Crippen molar-refractivity contribution in [3.05, 3.63) is 72.4 Å². The van der Waals surface area contributed by atoms with Gasteiger partial charge in [0.05, 0.1) is 29.3 Å². The van der Waals surface area contributed by atoms with E-state index in [1.807, 2.05) is 34.1 Å². The van der Waals surface area contributed by atoms with Crippen molar-refractivity contribution in [3.63, 3.8) is 0 Å². The fourth-order valence-corrected chi connectivity index (χ4v) is 5.49. The van der Waals surface area contributed by atoms with Crippen molar-refractivity contribution >= 4 is 29.2 Å². The Morgan fingerprint density at radius 3 is 2.64 bits per heavy atom. The van der Waals surface area contributed by atoms with E-state index in [-0.39, 0.29) is 42.6 Å². The highest BCUT2D eigenvalue weighted by atomic mass is 19.4. The molecule has 1 fully saturated rings. The third-order valence-corrected chi connectivity index (χ3v) is 7.53. The number of fused-ring (bicyclic) bond motifs is 1. The number of guanidine groups is 1. The van der Waals surface area contributed by atoms with E-state index in [1.165, 1.54) is 17.0 Å². The Labute approximate surface area is 284 Å². The van der Waals surface area contributed by atoms with Crippen LogP contribution in [0.2, 0.25) is 0 Å². The predicted octanol–water partition coefficient (Wildman–Crippen LogP) is 5.97. The smallest absolute Gasteiger partial charge is 0.437 e. The maximum atomic E-state index is 14.2. The van der Waals surface area contributed by atoms with Gasteiger partial charge in [0.25, 0.3) is 5.89 Å². The Kier molecular flexibility index (Phi) is 10.4. The Morgan fingerprint density at radius 1 is 1.18 bits per heavy atom. The highest BCUT2D eigenvalue weighted by Gasteiger charge is 2.41. The number of amides is 2. The summed E-state index contributed by atoms with van der Waals surface area (Å²) < 4.78 is 60.7. The number of hydrogen-bond donors (Lipinski definition) is 3. The minimum absolute atomic E-state index is 0.0148. The van der Waals surface area contributed by atoms with Gasteiger partial charge in [-0.05, 0) is 63.9 Å². The fourth-order valence-electron chi connectivity index (χ4n) is 5.49. The van der Waals surface area contributed by atoms with Crippen molar-refractivity contribution < 1.29 is 47.0 Å². The van der Waals surface area contributed by atoms with Crippen LogP contribution in [0.4, 0.5) is 22.8 Å². The van der Waals surface area contributed by atoms with Crippen LogP contribution in [0.1, 0.15) is 56.9 Å². The van der Waals surface area contributed by atoms with Gasteiger partial charge >= 0.3 is 18.4 Å². The van der Waals surface area contributed by atoms with E-state index in [0.29, 0.717) is 19.4 Å². The lowest BCUT2D eigenvalue weighted by molar-refractivity contribution is -0.138. The van der Waals surface area contributed by atoms with Gasteiger partial charge in [-0.2, -0.15) is 18.2 Å². The molecule has 0 bridgehead atoms. The molecule has 266 valence electrons. The number of imidazole rings is 1. The Morgan fingerprint density at radius 2 is 1.94 bits per heavy atom. The molecule has 0 unspecified atom stereocenters. The number of carboxylic acid groups (broad SMARTS) is 1. The second-order valence-corrected chi connectivity index (χ2v) is 12.4. The molecule has 14 nitrogen and oxygen atoms in total. The molecular formula is C33H36F3N7O7. The molecule has 0 aliphatic carbocycles. The molecule has 3 N–H and O–H groups in total. The van der Waals surface area contributed by atoms with Crippen LogP contribution in [0.25, 0.3) is 22.4 Å². The number of carbonyl (C=O) groups excluding carboxylic acids is 1. The third kappa shape index (κ3) is 8.39. The van der Waals surface area contributed by atoms with E-state index < -0.39 is 47.6 Å². The molecule has 2 atom stereocenters. The van der Waals surface area contributed by atoms with Gasteiger partial charge in [-0.25, -0.2) is 14.6 Å². The van der Waals surface area contributed by atoms with Crippen molar-refractivity contribution in [1.29, 1.82) is 0 Å². The summed E-state index contributed by atoms with van der Waals surface area (Å²) in [7, 11) is 0. The maximum Gasteiger partial charge on any atom is 0.437 e. The molecule has 2 amide bonds. The molecule has 2 aromatic heterocycles. The molecule has 50 heavy (non-hydrogen) atoms. The second-order valence-electron chi connectivity index (χ2n) is 12.4. The normalized spacial score (nSPS) is 16.9. The minimum Gasteiger partial charge on any atom is -0.493 e. The number of nitrogens with one attached hydrogen (secondary N) is 1. The SMILES string of the molecule is C=CCn1c(CCCOc2ccc(-c3noc([C@@H]4[C@@H](O)CCN4C(=NC(=O)OC(C)(C)C)NC(=O)O)n3)cc2C(F)(F)F)nc2ccccc21. The average molecular weight is 700 g/mol. The number of para-hydroxylation sites is 2. The molecule has 0 spiro atoms. The van der Waals surface area contributed by atoms with Crippen molar-refractivity contribution in [2.75, 3.05) is 13.2 Å². The standard InChI is InChI=1S/C33H36F3N7O7/c1-5-15-42-22-10-7-6-9-21(22)37-25(42)11-8-17-48-24-13-12-19(18-20(24)33(34,35)36)27-38-28(50-41-27)26-23(44)14-16-43(26)29(39-30(45)46)40-31(47)49-32(2,3)4/h5-7,9-10,12-13,18,23,26,44H,1,8,11,14-17H2,2-4H3,(H,45,46)(H,39,40,47)/t23-,26-/m0/s1. The van der Waals surface area contributed by atoms with Crippen LogP contribution < -0.4 is 10.1 Å². The highest BCUT2D eigenvalue weighted by molar-refractivity contribution is 5.98. The van der Waals surface area contributed by atoms with E-state index in [1.54, 1.807) is 26.8 Å². The van der Waals surface area contributed by atoms with Gasteiger partial charge in [0.15, 0.2) is 0 Å². The van der Waals surface area contributed by atoms with Gasteiger partial charge in [-0.15, -0.1) is 11.6 Å². The first-order valence-electron chi connectivity index (χ1n) is 15.6. The summed E-state index contributed by atoms with van der Waals surface area (Å²) in [6.07, 6.45) is -5.92. The first kappa shape index (κ1) is 35.8. The van der Waals surface area contributed by atoms with Crippen LogP contribution in [0, 0.1) is 0 Å². The lowest BCUT2D eigenvalue weighted by atomic mass is 10.1. The van der Waals surface area contributed by atoms with Crippen molar-refractivity contribution in [1.82, 2.24) is 29.9 Å². The first-order chi connectivity index (χ1) is 23.6. The van der Waals surface area contributed by atoms with Gasteiger partial charge in [0.2, 0.25) is 11.8 Å². The van der Waals surface area contributed by atoms with Crippen LogP contribution in [0.3, 0.4) is 0 Å². The van der Waals surface area contributed by atoms with E-state index >= 15 is 0 Å². The molecular weight excluding hydrogens is 663 g/mol. The number of aliphatic imine (C=N–C) groups is 1. The van der Waals surface area contributed by atoms with Gasteiger partial charge < -0.3 is 33.7 Å². The molecule has 4 aromatic rings. The summed E-state index contributed by atoms with van der Waals surface area (Å²) in [4.78, 5) is 37.7. The number of allylic oxidation sites excluding steroid dienone is 1. The Bertz CT molecular complexity index is 1900. The minimum atomic E-state index is -4.79. The molecule has 1 aliphatic heterocycles. The summed E-state index contributed by atoms with van der Waals surface area (Å²) in [5, 5.41) is 25.9. The number of aryl methyl sites for hydroxylation is 1. The number of ether oxygens (including phenoxy) is 2. The van der Waals surface area contributed by atoms with Gasteiger partial charge in [0.1, 0.15) is 23.2 Å². The molecule has 5 rings (SSSR count). The molecule has 2 aromatic carbocycles. The largest absolute Gasteiger partial charge is 0.493 e. The number of likely N-dealkylation sites (tertiary alicyclic amines) is 1. The molecule has 1 aliphatic rings. The summed E-state index contributed by atoms with van der Waals surface area (Å²) >= 11 is 0. The summed E-state index contributed by atoms with van der Waals surface area (Å²) in [6, 6.07) is 9.76. The zero-order valence-corrected chi connectivity index (χ0v) is 27.5. The quantitative estimate of drug-likeness (QED) is 0.0812. The van der Waals surface area contributed by atoms with E-state index in [2.05, 4.69) is 26.7 Å². The number of halogens is 3. The highest BCUT2D eigenvalue weighted by Crippen LogP contribution is 2.39. The predicted molar refractivity (Wildman–Crippen MR) is 173 cm³/mol. The Hall–Kier alpha value is -5.45. The number of nitrogens with zero attached hydrogens (tertiary/aromatic N) is 6. The number of hydrogen-bond acceptors (Lipinski definition) is 9. The maximum absolute atomic E-state index is 14.2. The lowest BCUT2D eigenvalue weighted by Crippen LogP contribution is -2.45. The lowest BCUT2D eigenvalue weighted by Gasteiger charge is -2.26. The number of benzene rings is 2. The summed E-state index contributed by atoms with van der Waals surface area (Å²) in [5.41, 5.74) is -0.291. The van der Waals surface area contributed by atoms with Crippen LogP contribution in [0.5, 0.6) is 5.75 Å². The molecule has 3 heterocycles. The zero-order valence-electron chi connectivity index (χ0n) is 27.5. The van der Waals surface area contributed by atoms with Crippen LogP contribution in [-0.2, 0) is 23.9 Å². The summed E-state index contributed by atoms with van der Waals surface area (Å²) in [6.45, 7) is 9.12. The topological polar surface area (TPSA) is 177 Å². The van der Waals surface area contributed by atoms with E-state index in [9.17, 15) is 33.0 Å². The number of aliphatic hydroxyl groups excluding tert-OH is 1. The molecule has 0 saturated carbocycles.